The monoisotopic (exact) mass is 351 g/mol. The van der Waals surface area contributed by atoms with E-state index in [1.165, 1.54) is 29.9 Å². The highest BCUT2D eigenvalue weighted by Crippen LogP contribution is 2.27. The van der Waals surface area contributed by atoms with Crippen molar-refractivity contribution in [3.63, 3.8) is 0 Å². The largest absolute Gasteiger partial charge is 0.383 e. The molecule has 1 amide bonds. The second-order valence-corrected chi connectivity index (χ2v) is 7.35. The maximum Gasteiger partial charge on any atom is 0.265 e. The molecule has 0 aliphatic heterocycles. The van der Waals surface area contributed by atoms with Crippen molar-refractivity contribution >= 4 is 35.3 Å². The Labute approximate surface area is 143 Å². The number of halogens is 1. The van der Waals surface area contributed by atoms with Crippen LogP contribution in [0.3, 0.4) is 0 Å². The predicted molar refractivity (Wildman–Crippen MR) is 93.2 cm³/mol. The number of anilines is 1. The van der Waals surface area contributed by atoms with Crippen LogP contribution in [-0.4, -0.2) is 16.5 Å². The van der Waals surface area contributed by atoms with Crippen LogP contribution < -0.4 is 11.1 Å². The molecule has 0 bridgehead atoms. The smallest absolute Gasteiger partial charge is 0.265 e. The minimum atomic E-state index is -0.329. The summed E-state index contributed by atoms with van der Waals surface area (Å²) in [6.07, 6.45) is 5.54. The zero-order valence-electron chi connectivity index (χ0n) is 12.5. The van der Waals surface area contributed by atoms with Crippen molar-refractivity contribution in [2.75, 3.05) is 5.73 Å². The molecule has 4 nitrogen and oxygen atoms in total. The molecular formula is C16H18FN3OS2. The van der Waals surface area contributed by atoms with Gasteiger partial charge in [-0.1, -0.05) is 30.6 Å². The number of hydrogen-bond donors (Lipinski definition) is 2. The van der Waals surface area contributed by atoms with E-state index in [0.29, 0.717) is 20.3 Å². The number of nitrogen functional groups attached to an aromatic ring is 1. The standard InChI is InChI=1S/C16H18FN3OS2/c17-10-6-8-12(9-7-10)20-14(18)13(23-16(20)22)15(21)19-11-4-2-1-3-5-11/h6-9,11H,1-5,18H2,(H,19,21). The first-order chi connectivity index (χ1) is 11.1. The molecule has 23 heavy (non-hydrogen) atoms. The molecule has 1 saturated carbocycles. The van der Waals surface area contributed by atoms with E-state index in [4.69, 9.17) is 18.0 Å². The van der Waals surface area contributed by atoms with Gasteiger partial charge in [0.1, 0.15) is 16.5 Å². The summed E-state index contributed by atoms with van der Waals surface area (Å²) in [6.45, 7) is 0. The Bertz CT molecular complexity index is 761. The molecule has 3 N–H and O–H groups in total. The first-order valence-electron chi connectivity index (χ1n) is 7.64. The Morgan fingerprint density at radius 1 is 1.26 bits per heavy atom. The lowest BCUT2D eigenvalue weighted by molar-refractivity contribution is 0.0932. The van der Waals surface area contributed by atoms with Gasteiger partial charge in [-0.05, 0) is 49.3 Å². The number of amides is 1. The van der Waals surface area contributed by atoms with Crippen molar-refractivity contribution in [2.45, 2.75) is 38.1 Å². The van der Waals surface area contributed by atoms with Crippen LogP contribution in [0.25, 0.3) is 5.69 Å². The van der Waals surface area contributed by atoms with Crippen LogP contribution in [0.1, 0.15) is 41.8 Å². The third kappa shape index (κ3) is 3.45. The van der Waals surface area contributed by atoms with E-state index in [-0.39, 0.29) is 17.8 Å². The van der Waals surface area contributed by atoms with Gasteiger partial charge in [0, 0.05) is 11.7 Å². The summed E-state index contributed by atoms with van der Waals surface area (Å²) < 4.78 is 15.2. The third-order valence-corrected chi connectivity index (χ3v) is 5.47. The predicted octanol–water partition coefficient (Wildman–Crippen LogP) is 4.05. The number of hydrogen-bond acceptors (Lipinski definition) is 4. The average Bonchev–Trinajstić information content (AvgIpc) is 2.84. The van der Waals surface area contributed by atoms with E-state index in [1.54, 1.807) is 16.7 Å². The van der Waals surface area contributed by atoms with E-state index >= 15 is 0 Å². The van der Waals surface area contributed by atoms with Gasteiger partial charge in [-0.25, -0.2) is 4.39 Å². The minimum Gasteiger partial charge on any atom is -0.383 e. The molecule has 1 aromatic heterocycles. The lowest BCUT2D eigenvalue weighted by Crippen LogP contribution is -2.36. The first-order valence-corrected chi connectivity index (χ1v) is 8.87. The number of benzene rings is 1. The number of thiazole rings is 1. The maximum atomic E-state index is 13.1. The van der Waals surface area contributed by atoms with Crippen molar-refractivity contribution < 1.29 is 9.18 Å². The van der Waals surface area contributed by atoms with Crippen LogP contribution >= 0.6 is 23.6 Å². The summed E-state index contributed by atoms with van der Waals surface area (Å²) >= 11 is 6.51. The van der Waals surface area contributed by atoms with Gasteiger partial charge in [0.2, 0.25) is 0 Å². The lowest BCUT2D eigenvalue weighted by Gasteiger charge is -2.22. The van der Waals surface area contributed by atoms with Gasteiger partial charge in [0.05, 0.1) is 0 Å². The number of carbonyl (C=O) groups excluding carboxylic acids is 1. The molecule has 7 heteroatoms. The molecule has 2 aromatic rings. The average molecular weight is 351 g/mol. The Morgan fingerprint density at radius 3 is 2.57 bits per heavy atom. The van der Waals surface area contributed by atoms with Gasteiger partial charge in [0.15, 0.2) is 3.95 Å². The SMILES string of the molecule is Nc1c(C(=O)NC2CCCCC2)sc(=S)n1-c1ccc(F)cc1. The Morgan fingerprint density at radius 2 is 1.91 bits per heavy atom. The molecule has 3 rings (SSSR count). The van der Waals surface area contributed by atoms with Crippen molar-refractivity contribution in [1.82, 2.24) is 9.88 Å². The van der Waals surface area contributed by atoms with Gasteiger partial charge in [-0.2, -0.15) is 0 Å². The Balaban J connectivity index is 1.86. The van der Waals surface area contributed by atoms with E-state index in [1.807, 2.05) is 0 Å². The number of nitrogens with one attached hydrogen (secondary N) is 1. The Hall–Kier alpha value is -1.73. The molecule has 1 aromatic carbocycles. The highest BCUT2D eigenvalue weighted by Gasteiger charge is 2.22. The fourth-order valence-electron chi connectivity index (χ4n) is 2.88. The lowest BCUT2D eigenvalue weighted by atomic mass is 9.95. The summed E-state index contributed by atoms with van der Waals surface area (Å²) in [5.41, 5.74) is 6.79. The molecule has 1 aliphatic rings. The number of carbonyl (C=O) groups is 1. The maximum absolute atomic E-state index is 13.1. The summed E-state index contributed by atoms with van der Waals surface area (Å²) in [5.74, 6) is -0.199. The molecule has 0 saturated heterocycles. The number of aromatic nitrogens is 1. The number of nitrogens with two attached hydrogens (primary N) is 1. The molecule has 0 unspecified atom stereocenters. The van der Waals surface area contributed by atoms with Crippen LogP contribution in [0.2, 0.25) is 0 Å². The number of rotatable bonds is 3. The van der Waals surface area contributed by atoms with Crippen molar-refractivity contribution in [3.8, 4) is 5.69 Å². The highest BCUT2D eigenvalue weighted by atomic mass is 32.1. The van der Waals surface area contributed by atoms with Crippen LogP contribution in [0.5, 0.6) is 0 Å². The van der Waals surface area contributed by atoms with Crippen LogP contribution in [0, 0.1) is 9.77 Å². The molecule has 0 spiro atoms. The molecule has 0 atom stereocenters. The van der Waals surface area contributed by atoms with Gasteiger partial charge >= 0.3 is 0 Å². The summed E-state index contributed by atoms with van der Waals surface area (Å²) in [6, 6.07) is 6.09. The second kappa shape index (κ2) is 6.80. The van der Waals surface area contributed by atoms with Crippen molar-refractivity contribution in [2.24, 2.45) is 0 Å². The van der Waals surface area contributed by atoms with E-state index < -0.39 is 0 Å². The minimum absolute atomic E-state index is 0.175. The van der Waals surface area contributed by atoms with Gasteiger partial charge in [0.25, 0.3) is 5.91 Å². The fraction of sp³-hybridized carbons (Fsp3) is 0.375. The zero-order valence-corrected chi connectivity index (χ0v) is 14.2. The Kier molecular flexibility index (Phi) is 4.77. The van der Waals surface area contributed by atoms with Gasteiger partial charge in [-0.15, -0.1) is 0 Å². The fourth-order valence-corrected chi connectivity index (χ4v) is 4.15. The van der Waals surface area contributed by atoms with Gasteiger partial charge < -0.3 is 11.1 Å². The topological polar surface area (TPSA) is 60.1 Å². The highest BCUT2D eigenvalue weighted by molar-refractivity contribution is 7.73. The number of nitrogens with zero attached hydrogens (tertiary/aromatic N) is 1. The van der Waals surface area contributed by atoms with Crippen molar-refractivity contribution in [1.29, 1.82) is 0 Å². The zero-order chi connectivity index (χ0) is 16.4. The van der Waals surface area contributed by atoms with E-state index in [0.717, 1.165) is 25.7 Å². The molecule has 1 heterocycles. The van der Waals surface area contributed by atoms with Crippen LogP contribution in [0.15, 0.2) is 24.3 Å². The molecule has 1 aliphatic carbocycles. The van der Waals surface area contributed by atoms with Crippen LogP contribution in [-0.2, 0) is 0 Å². The normalized spacial score (nSPS) is 15.5. The molecule has 0 radical (unpaired) electrons. The molecular weight excluding hydrogens is 333 g/mol. The summed E-state index contributed by atoms with van der Waals surface area (Å²) in [7, 11) is 0. The second-order valence-electron chi connectivity index (χ2n) is 5.70. The van der Waals surface area contributed by atoms with Crippen LogP contribution in [0.4, 0.5) is 10.2 Å². The first kappa shape index (κ1) is 16.1. The summed E-state index contributed by atoms with van der Waals surface area (Å²) in [5, 5.41) is 3.05. The summed E-state index contributed by atoms with van der Waals surface area (Å²) in [4.78, 5) is 12.9. The third-order valence-electron chi connectivity index (χ3n) is 4.08. The van der Waals surface area contributed by atoms with Gasteiger partial charge in [-0.3, -0.25) is 9.36 Å². The van der Waals surface area contributed by atoms with Crippen molar-refractivity contribution in [3.05, 3.63) is 38.9 Å². The van der Waals surface area contributed by atoms with E-state index in [9.17, 15) is 9.18 Å². The van der Waals surface area contributed by atoms with E-state index in [2.05, 4.69) is 5.32 Å². The molecule has 122 valence electrons. The molecule has 1 fully saturated rings. The quantitative estimate of drug-likeness (QED) is 0.820.